The highest BCUT2D eigenvalue weighted by atomic mass is 16.5. The van der Waals surface area contributed by atoms with Crippen molar-refractivity contribution < 1.29 is 4.74 Å². The summed E-state index contributed by atoms with van der Waals surface area (Å²) in [7, 11) is 0. The normalized spacial score (nSPS) is 18.8. The Kier molecular flexibility index (Phi) is 4.69. The maximum absolute atomic E-state index is 5.72. The molecule has 1 aliphatic heterocycles. The van der Waals surface area contributed by atoms with Gasteiger partial charge in [0.2, 0.25) is 0 Å². The van der Waals surface area contributed by atoms with Crippen molar-refractivity contribution in [3.05, 3.63) is 29.1 Å². The molecule has 2 heterocycles. The monoisotopic (exact) mass is 249 g/mol. The number of aromatic nitrogens is 1. The van der Waals surface area contributed by atoms with Gasteiger partial charge in [0, 0.05) is 30.6 Å². The van der Waals surface area contributed by atoms with Crippen LogP contribution in [0.5, 0.6) is 0 Å². The van der Waals surface area contributed by atoms with Gasteiger partial charge in [-0.1, -0.05) is 6.07 Å². The van der Waals surface area contributed by atoms with Gasteiger partial charge in [-0.15, -0.1) is 0 Å². The maximum atomic E-state index is 5.72. The summed E-state index contributed by atoms with van der Waals surface area (Å²) < 4.78 is 5.40. The number of aryl methyl sites for hydroxylation is 2. The third kappa shape index (κ3) is 3.28. The fourth-order valence-corrected chi connectivity index (χ4v) is 2.67. The van der Waals surface area contributed by atoms with E-state index in [0.29, 0.717) is 5.92 Å². The van der Waals surface area contributed by atoms with E-state index in [0.717, 1.165) is 43.9 Å². The number of ether oxygens (including phenoxy) is 1. The molecule has 0 aliphatic carbocycles. The average molecular weight is 249 g/mol. The quantitative estimate of drug-likeness (QED) is 0.633. The highest BCUT2D eigenvalue weighted by Gasteiger charge is 2.21. The molecule has 0 spiro atoms. The SMILES string of the molecule is Cc1ccc(C(CC2CCOCC2)NN)c(C)n1. The van der Waals surface area contributed by atoms with Gasteiger partial charge in [-0.3, -0.25) is 16.3 Å². The third-order valence-electron chi connectivity index (χ3n) is 3.75. The van der Waals surface area contributed by atoms with Gasteiger partial charge in [0.05, 0.1) is 0 Å². The van der Waals surface area contributed by atoms with Crippen molar-refractivity contribution >= 4 is 0 Å². The first-order valence-electron chi connectivity index (χ1n) is 6.68. The Labute approximate surface area is 109 Å². The minimum atomic E-state index is 0.196. The Morgan fingerprint density at radius 1 is 1.39 bits per heavy atom. The Morgan fingerprint density at radius 2 is 2.11 bits per heavy atom. The molecule has 1 aliphatic rings. The molecule has 1 aromatic rings. The highest BCUT2D eigenvalue weighted by Crippen LogP contribution is 2.28. The van der Waals surface area contributed by atoms with Crippen LogP contribution in [-0.4, -0.2) is 18.2 Å². The largest absolute Gasteiger partial charge is 0.381 e. The summed E-state index contributed by atoms with van der Waals surface area (Å²) in [5, 5.41) is 0. The highest BCUT2D eigenvalue weighted by molar-refractivity contribution is 5.25. The summed E-state index contributed by atoms with van der Waals surface area (Å²) in [5.74, 6) is 6.41. The summed E-state index contributed by atoms with van der Waals surface area (Å²) in [4.78, 5) is 4.52. The molecule has 1 fully saturated rings. The van der Waals surface area contributed by atoms with Crippen molar-refractivity contribution in [1.29, 1.82) is 0 Å². The molecule has 18 heavy (non-hydrogen) atoms. The zero-order valence-corrected chi connectivity index (χ0v) is 11.3. The first-order valence-corrected chi connectivity index (χ1v) is 6.68. The van der Waals surface area contributed by atoms with E-state index in [-0.39, 0.29) is 6.04 Å². The van der Waals surface area contributed by atoms with Crippen LogP contribution in [0.3, 0.4) is 0 Å². The number of nitrogens with zero attached hydrogens (tertiary/aromatic N) is 1. The third-order valence-corrected chi connectivity index (χ3v) is 3.75. The Bertz CT molecular complexity index is 389. The van der Waals surface area contributed by atoms with Gasteiger partial charge in [0.1, 0.15) is 0 Å². The number of pyridine rings is 1. The van der Waals surface area contributed by atoms with E-state index in [2.05, 4.69) is 29.5 Å². The minimum absolute atomic E-state index is 0.196. The van der Waals surface area contributed by atoms with Crippen LogP contribution in [0.4, 0.5) is 0 Å². The molecule has 1 unspecified atom stereocenters. The molecular formula is C14H23N3O. The van der Waals surface area contributed by atoms with Crippen LogP contribution in [0, 0.1) is 19.8 Å². The van der Waals surface area contributed by atoms with E-state index < -0.39 is 0 Å². The molecular weight excluding hydrogens is 226 g/mol. The number of rotatable bonds is 4. The van der Waals surface area contributed by atoms with Gasteiger partial charge in [-0.2, -0.15) is 0 Å². The molecule has 3 N–H and O–H groups in total. The molecule has 0 aromatic carbocycles. The van der Waals surface area contributed by atoms with Crippen LogP contribution in [0.15, 0.2) is 12.1 Å². The molecule has 1 aromatic heterocycles. The molecule has 100 valence electrons. The summed E-state index contributed by atoms with van der Waals surface area (Å²) in [6, 6.07) is 4.39. The minimum Gasteiger partial charge on any atom is -0.381 e. The van der Waals surface area contributed by atoms with Crippen LogP contribution in [-0.2, 0) is 4.74 Å². The van der Waals surface area contributed by atoms with E-state index >= 15 is 0 Å². The fourth-order valence-electron chi connectivity index (χ4n) is 2.67. The number of nitrogens with one attached hydrogen (secondary N) is 1. The first-order chi connectivity index (χ1) is 8.70. The smallest absolute Gasteiger partial charge is 0.0480 e. The van der Waals surface area contributed by atoms with E-state index in [1.54, 1.807) is 0 Å². The topological polar surface area (TPSA) is 60.2 Å². The van der Waals surface area contributed by atoms with Gasteiger partial charge < -0.3 is 4.74 Å². The van der Waals surface area contributed by atoms with Crippen molar-refractivity contribution in [2.24, 2.45) is 11.8 Å². The lowest BCUT2D eigenvalue weighted by molar-refractivity contribution is 0.0605. The van der Waals surface area contributed by atoms with E-state index in [9.17, 15) is 0 Å². The molecule has 1 atom stereocenters. The van der Waals surface area contributed by atoms with Gasteiger partial charge >= 0.3 is 0 Å². The summed E-state index contributed by atoms with van der Waals surface area (Å²) in [5.41, 5.74) is 6.29. The number of hydrogen-bond acceptors (Lipinski definition) is 4. The molecule has 4 nitrogen and oxygen atoms in total. The molecule has 1 saturated heterocycles. The standard InChI is InChI=1S/C14H23N3O/c1-10-3-4-13(11(2)16-10)14(17-15)9-12-5-7-18-8-6-12/h3-4,12,14,17H,5-9,15H2,1-2H3. The summed E-state index contributed by atoms with van der Waals surface area (Å²) in [6.07, 6.45) is 3.33. The summed E-state index contributed by atoms with van der Waals surface area (Å²) in [6.45, 7) is 5.83. The number of hydrogen-bond donors (Lipinski definition) is 2. The Balaban J connectivity index is 2.07. The first kappa shape index (κ1) is 13.5. The number of hydrazine groups is 1. The second kappa shape index (κ2) is 6.27. The van der Waals surface area contributed by atoms with Crippen LogP contribution in [0.25, 0.3) is 0 Å². The van der Waals surface area contributed by atoms with Crippen molar-refractivity contribution in [1.82, 2.24) is 10.4 Å². The second-order valence-electron chi connectivity index (χ2n) is 5.14. The zero-order valence-electron chi connectivity index (χ0n) is 11.3. The zero-order chi connectivity index (χ0) is 13.0. The lowest BCUT2D eigenvalue weighted by Gasteiger charge is -2.27. The van der Waals surface area contributed by atoms with Crippen LogP contribution < -0.4 is 11.3 Å². The number of nitrogens with two attached hydrogens (primary N) is 1. The molecule has 4 heteroatoms. The van der Waals surface area contributed by atoms with Crippen LogP contribution in [0.1, 0.15) is 42.3 Å². The summed E-state index contributed by atoms with van der Waals surface area (Å²) >= 11 is 0. The van der Waals surface area contributed by atoms with Gasteiger partial charge in [0.15, 0.2) is 0 Å². The van der Waals surface area contributed by atoms with Crippen LogP contribution in [0.2, 0.25) is 0 Å². The van der Waals surface area contributed by atoms with E-state index in [4.69, 9.17) is 10.6 Å². The van der Waals surface area contributed by atoms with Gasteiger partial charge in [0.25, 0.3) is 0 Å². The van der Waals surface area contributed by atoms with Gasteiger partial charge in [-0.25, -0.2) is 0 Å². The van der Waals surface area contributed by atoms with Gasteiger partial charge in [-0.05, 0) is 50.7 Å². The van der Waals surface area contributed by atoms with Crippen molar-refractivity contribution in [3.8, 4) is 0 Å². The molecule has 0 amide bonds. The van der Waals surface area contributed by atoms with Crippen molar-refractivity contribution in [2.75, 3.05) is 13.2 Å². The molecule has 0 bridgehead atoms. The lowest BCUT2D eigenvalue weighted by Crippen LogP contribution is -2.31. The average Bonchev–Trinajstić information content (AvgIpc) is 2.38. The predicted octanol–water partition coefficient (Wildman–Crippen LogP) is 2.02. The fraction of sp³-hybridized carbons (Fsp3) is 0.643. The Morgan fingerprint density at radius 3 is 2.72 bits per heavy atom. The lowest BCUT2D eigenvalue weighted by atomic mass is 9.89. The van der Waals surface area contributed by atoms with E-state index in [1.807, 2.05) is 6.92 Å². The maximum Gasteiger partial charge on any atom is 0.0480 e. The molecule has 0 saturated carbocycles. The molecule has 0 radical (unpaired) electrons. The molecule has 2 rings (SSSR count). The van der Waals surface area contributed by atoms with Crippen LogP contribution >= 0.6 is 0 Å². The van der Waals surface area contributed by atoms with Crippen molar-refractivity contribution in [2.45, 2.75) is 39.2 Å². The second-order valence-corrected chi connectivity index (χ2v) is 5.14. The Hall–Kier alpha value is -0.970. The predicted molar refractivity (Wildman–Crippen MR) is 71.9 cm³/mol. The van der Waals surface area contributed by atoms with Crippen molar-refractivity contribution in [3.63, 3.8) is 0 Å². The van der Waals surface area contributed by atoms with E-state index in [1.165, 1.54) is 5.56 Å².